The number of alkyl halides is 5. The van der Waals surface area contributed by atoms with Gasteiger partial charge in [0, 0.05) is 13.8 Å². The molecule has 0 fully saturated rings. The largest absolute Gasteiger partial charge is 0.302 e. The SMILES string of the molecule is CC(F)(CF)OC(C)(F)C(C)(F)F. The normalized spacial score (nSPS) is 22.2. The molecule has 0 aliphatic carbocycles. The zero-order valence-electron chi connectivity index (χ0n) is 7.51. The van der Waals surface area contributed by atoms with Crippen molar-refractivity contribution in [2.24, 2.45) is 0 Å². The first kappa shape index (κ1) is 12.6. The monoisotopic (exact) mass is 206 g/mol. The van der Waals surface area contributed by atoms with Gasteiger partial charge in [-0.15, -0.1) is 0 Å². The van der Waals surface area contributed by atoms with Crippen molar-refractivity contribution in [2.75, 3.05) is 6.67 Å². The summed E-state index contributed by atoms with van der Waals surface area (Å²) >= 11 is 0. The van der Waals surface area contributed by atoms with Crippen LogP contribution in [-0.2, 0) is 4.74 Å². The summed E-state index contributed by atoms with van der Waals surface area (Å²) in [4.78, 5) is 0. The molecule has 13 heavy (non-hydrogen) atoms. The lowest BCUT2D eigenvalue weighted by Crippen LogP contribution is -2.47. The van der Waals surface area contributed by atoms with E-state index in [1.165, 1.54) is 0 Å². The van der Waals surface area contributed by atoms with E-state index >= 15 is 0 Å². The summed E-state index contributed by atoms with van der Waals surface area (Å²) in [5.74, 6) is -10.5. The molecular weight excluding hydrogens is 195 g/mol. The Bertz CT molecular complexity index is 172. The molecule has 6 heteroatoms. The van der Waals surface area contributed by atoms with Crippen LogP contribution in [0.4, 0.5) is 22.0 Å². The third-order valence-corrected chi connectivity index (χ3v) is 1.43. The minimum absolute atomic E-state index is 0.224. The first-order valence-electron chi connectivity index (χ1n) is 3.53. The summed E-state index contributed by atoms with van der Waals surface area (Å²) in [5.41, 5.74) is 0. The maximum absolute atomic E-state index is 12.9. The third kappa shape index (κ3) is 3.46. The summed E-state index contributed by atoms with van der Waals surface area (Å²) in [6.07, 6.45) is 0. The molecule has 0 bridgehead atoms. The van der Waals surface area contributed by atoms with Gasteiger partial charge in [0.2, 0.25) is 5.85 Å². The van der Waals surface area contributed by atoms with Crippen molar-refractivity contribution < 1.29 is 26.7 Å². The van der Waals surface area contributed by atoms with Gasteiger partial charge in [0.1, 0.15) is 6.67 Å². The molecule has 0 aromatic heterocycles. The highest BCUT2D eigenvalue weighted by atomic mass is 19.3. The quantitative estimate of drug-likeness (QED) is 0.642. The van der Waals surface area contributed by atoms with E-state index in [-0.39, 0.29) is 6.92 Å². The summed E-state index contributed by atoms with van der Waals surface area (Å²) in [7, 11) is 0. The molecule has 0 heterocycles. The summed E-state index contributed by atoms with van der Waals surface area (Å²) in [6.45, 7) is -0.582. The van der Waals surface area contributed by atoms with Gasteiger partial charge in [0.05, 0.1) is 0 Å². The van der Waals surface area contributed by atoms with Gasteiger partial charge in [-0.2, -0.15) is 0 Å². The molecule has 0 aliphatic rings. The number of hydrogen-bond acceptors (Lipinski definition) is 1. The van der Waals surface area contributed by atoms with Crippen molar-refractivity contribution in [2.45, 2.75) is 38.4 Å². The molecule has 0 N–H and O–H groups in total. The lowest BCUT2D eigenvalue weighted by molar-refractivity contribution is -0.332. The van der Waals surface area contributed by atoms with E-state index < -0.39 is 24.3 Å². The van der Waals surface area contributed by atoms with Crippen LogP contribution in [0.25, 0.3) is 0 Å². The number of rotatable bonds is 4. The Labute approximate surface area is 72.9 Å². The maximum Gasteiger partial charge on any atom is 0.302 e. The van der Waals surface area contributed by atoms with E-state index in [4.69, 9.17) is 0 Å². The zero-order valence-corrected chi connectivity index (χ0v) is 7.51. The Balaban J connectivity index is 4.52. The zero-order chi connectivity index (χ0) is 10.9. The second-order valence-corrected chi connectivity index (χ2v) is 3.14. The highest BCUT2D eigenvalue weighted by Crippen LogP contribution is 2.36. The van der Waals surface area contributed by atoms with Crippen molar-refractivity contribution in [1.82, 2.24) is 0 Å². The molecule has 0 spiro atoms. The molecular formula is C7H11F5O. The van der Waals surface area contributed by atoms with Crippen LogP contribution in [0.15, 0.2) is 0 Å². The fourth-order valence-corrected chi connectivity index (χ4v) is 0.517. The van der Waals surface area contributed by atoms with Gasteiger partial charge in [-0.25, -0.2) is 22.0 Å². The molecule has 80 valence electrons. The molecule has 1 nitrogen and oxygen atoms in total. The molecule has 0 aliphatic heterocycles. The van der Waals surface area contributed by atoms with Crippen molar-refractivity contribution >= 4 is 0 Å². The fraction of sp³-hybridized carbons (Fsp3) is 1.00. The van der Waals surface area contributed by atoms with Gasteiger partial charge in [0.15, 0.2) is 0 Å². The van der Waals surface area contributed by atoms with E-state index in [1.807, 2.05) is 0 Å². The first-order chi connectivity index (χ1) is 5.52. The van der Waals surface area contributed by atoms with E-state index in [9.17, 15) is 22.0 Å². The minimum atomic E-state index is -3.89. The Morgan fingerprint density at radius 2 is 1.38 bits per heavy atom. The molecule has 2 unspecified atom stereocenters. The van der Waals surface area contributed by atoms with E-state index in [1.54, 1.807) is 0 Å². The van der Waals surface area contributed by atoms with Gasteiger partial charge < -0.3 is 4.74 Å². The topological polar surface area (TPSA) is 9.23 Å². The predicted molar refractivity (Wildman–Crippen MR) is 36.7 cm³/mol. The van der Waals surface area contributed by atoms with E-state index in [0.717, 1.165) is 0 Å². The Morgan fingerprint density at radius 1 is 1.00 bits per heavy atom. The summed E-state index contributed by atoms with van der Waals surface area (Å²) in [5, 5.41) is 0. The molecule has 0 aromatic carbocycles. The predicted octanol–water partition coefficient (Wildman–Crippen LogP) is 3.00. The summed E-state index contributed by atoms with van der Waals surface area (Å²) in [6, 6.07) is 0. The van der Waals surface area contributed by atoms with Gasteiger partial charge in [-0.3, -0.25) is 0 Å². The molecule has 0 radical (unpaired) electrons. The molecule has 0 saturated carbocycles. The Morgan fingerprint density at radius 3 is 1.62 bits per heavy atom. The minimum Gasteiger partial charge on any atom is -0.302 e. The number of hydrogen-bond donors (Lipinski definition) is 0. The highest BCUT2D eigenvalue weighted by Gasteiger charge is 2.52. The van der Waals surface area contributed by atoms with Crippen molar-refractivity contribution in [3.05, 3.63) is 0 Å². The van der Waals surface area contributed by atoms with Crippen LogP contribution < -0.4 is 0 Å². The molecule has 0 amide bonds. The highest BCUT2D eigenvalue weighted by molar-refractivity contribution is 4.79. The summed E-state index contributed by atoms with van der Waals surface area (Å²) < 4.78 is 65.8. The lowest BCUT2D eigenvalue weighted by atomic mass is 10.2. The Kier molecular flexibility index (Phi) is 3.30. The molecule has 0 rings (SSSR count). The maximum atomic E-state index is 12.9. The number of halogens is 5. The van der Waals surface area contributed by atoms with Crippen LogP contribution in [-0.4, -0.2) is 24.3 Å². The van der Waals surface area contributed by atoms with Gasteiger partial charge in [0.25, 0.3) is 5.85 Å². The standard InChI is InChI=1S/C7H11F5O/c1-5(9,4-8)13-7(3,12)6(2,10)11/h4H2,1-3H3. The lowest BCUT2D eigenvalue weighted by Gasteiger charge is -2.31. The second-order valence-electron chi connectivity index (χ2n) is 3.14. The first-order valence-corrected chi connectivity index (χ1v) is 3.53. The van der Waals surface area contributed by atoms with Crippen LogP contribution in [0.1, 0.15) is 20.8 Å². The fourth-order valence-electron chi connectivity index (χ4n) is 0.517. The molecule has 2 atom stereocenters. The van der Waals surface area contributed by atoms with Crippen LogP contribution in [0, 0.1) is 0 Å². The van der Waals surface area contributed by atoms with Crippen LogP contribution >= 0.6 is 0 Å². The van der Waals surface area contributed by atoms with E-state index in [2.05, 4.69) is 4.74 Å². The van der Waals surface area contributed by atoms with Crippen LogP contribution in [0.3, 0.4) is 0 Å². The average molecular weight is 206 g/mol. The van der Waals surface area contributed by atoms with Crippen molar-refractivity contribution in [3.63, 3.8) is 0 Å². The van der Waals surface area contributed by atoms with Crippen molar-refractivity contribution in [1.29, 1.82) is 0 Å². The van der Waals surface area contributed by atoms with Gasteiger partial charge >= 0.3 is 5.92 Å². The van der Waals surface area contributed by atoms with E-state index in [0.29, 0.717) is 13.8 Å². The Hall–Kier alpha value is -0.390. The smallest absolute Gasteiger partial charge is 0.302 e. The van der Waals surface area contributed by atoms with Crippen molar-refractivity contribution in [3.8, 4) is 0 Å². The van der Waals surface area contributed by atoms with Crippen LogP contribution in [0.2, 0.25) is 0 Å². The number of ether oxygens (including phenoxy) is 1. The average Bonchev–Trinajstić information content (AvgIpc) is 1.83. The third-order valence-electron chi connectivity index (χ3n) is 1.43. The van der Waals surface area contributed by atoms with Gasteiger partial charge in [-0.05, 0) is 6.92 Å². The second kappa shape index (κ2) is 3.40. The molecule has 0 saturated heterocycles. The van der Waals surface area contributed by atoms with Gasteiger partial charge in [-0.1, -0.05) is 0 Å². The van der Waals surface area contributed by atoms with Crippen LogP contribution in [0.5, 0.6) is 0 Å². The molecule has 0 aromatic rings.